The standard InChI is InChI=1S/C16H33N3O/c1-4-12-19(13-5-2)16(20)7-6-14-18(3)15-8-10-17-11-9-15/h15,17H,4-14H2,1-3H3. The Bertz CT molecular complexity index is 258. The molecule has 118 valence electrons. The van der Waals surface area contributed by atoms with Crippen LogP contribution in [0.25, 0.3) is 0 Å². The monoisotopic (exact) mass is 283 g/mol. The molecule has 1 fully saturated rings. The molecule has 0 unspecified atom stereocenters. The lowest BCUT2D eigenvalue weighted by Crippen LogP contribution is -2.41. The van der Waals surface area contributed by atoms with Gasteiger partial charge in [0.25, 0.3) is 0 Å². The molecule has 4 heteroatoms. The summed E-state index contributed by atoms with van der Waals surface area (Å²) in [6, 6.07) is 0.703. The van der Waals surface area contributed by atoms with Gasteiger partial charge in [-0.15, -0.1) is 0 Å². The predicted molar refractivity (Wildman–Crippen MR) is 84.9 cm³/mol. The van der Waals surface area contributed by atoms with E-state index in [-0.39, 0.29) is 0 Å². The minimum Gasteiger partial charge on any atom is -0.343 e. The second kappa shape index (κ2) is 10.2. The predicted octanol–water partition coefficient (Wildman–Crippen LogP) is 2.10. The number of rotatable bonds is 9. The molecule has 1 N–H and O–H groups in total. The normalized spacial score (nSPS) is 16.6. The van der Waals surface area contributed by atoms with Crippen LogP contribution in [0.4, 0.5) is 0 Å². The van der Waals surface area contributed by atoms with Crippen molar-refractivity contribution in [3.63, 3.8) is 0 Å². The molecular formula is C16H33N3O. The van der Waals surface area contributed by atoms with Crippen LogP contribution in [-0.4, -0.2) is 61.5 Å². The van der Waals surface area contributed by atoms with Crippen LogP contribution < -0.4 is 5.32 Å². The maximum Gasteiger partial charge on any atom is 0.222 e. The minimum absolute atomic E-state index is 0.340. The summed E-state index contributed by atoms with van der Waals surface area (Å²) in [7, 11) is 2.20. The molecule has 0 bridgehead atoms. The van der Waals surface area contributed by atoms with Gasteiger partial charge in [0.15, 0.2) is 0 Å². The number of hydrogen-bond acceptors (Lipinski definition) is 3. The fraction of sp³-hybridized carbons (Fsp3) is 0.938. The summed E-state index contributed by atoms with van der Waals surface area (Å²) in [6.45, 7) is 9.42. The lowest BCUT2D eigenvalue weighted by molar-refractivity contribution is -0.131. The largest absolute Gasteiger partial charge is 0.343 e. The highest BCUT2D eigenvalue weighted by atomic mass is 16.2. The summed E-state index contributed by atoms with van der Waals surface area (Å²) in [4.78, 5) is 16.7. The number of carbonyl (C=O) groups excluding carboxylic acids is 1. The molecule has 1 aliphatic heterocycles. The number of nitrogens with zero attached hydrogens (tertiary/aromatic N) is 2. The Hall–Kier alpha value is -0.610. The van der Waals surface area contributed by atoms with Crippen molar-refractivity contribution >= 4 is 5.91 Å². The summed E-state index contributed by atoms with van der Waals surface area (Å²) in [5, 5.41) is 3.40. The van der Waals surface area contributed by atoms with E-state index in [1.54, 1.807) is 0 Å². The van der Waals surface area contributed by atoms with Gasteiger partial charge in [0, 0.05) is 25.6 Å². The van der Waals surface area contributed by atoms with Gasteiger partial charge in [-0.1, -0.05) is 13.8 Å². The Balaban J connectivity index is 2.22. The highest BCUT2D eigenvalue weighted by molar-refractivity contribution is 5.76. The number of nitrogens with one attached hydrogen (secondary N) is 1. The fourth-order valence-electron chi connectivity index (χ4n) is 2.97. The molecule has 0 atom stereocenters. The number of hydrogen-bond donors (Lipinski definition) is 1. The van der Waals surface area contributed by atoms with Crippen LogP contribution in [0.15, 0.2) is 0 Å². The van der Waals surface area contributed by atoms with Gasteiger partial charge in [0.1, 0.15) is 0 Å². The van der Waals surface area contributed by atoms with Crippen molar-refractivity contribution < 1.29 is 4.79 Å². The summed E-state index contributed by atoms with van der Waals surface area (Å²) in [5.74, 6) is 0.340. The molecule has 1 aliphatic rings. The quantitative estimate of drug-likeness (QED) is 0.704. The molecule has 0 spiro atoms. The van der Waals surface area contributed by atoms with Gasteiger partial charge >= 0.3 is 0 Å². The topological polar surface area (TPSA) is 35.6 Å². The Morgan fingerprint density at radius 1 is 1.10 bits per heavy atom. The molecule has 0 radical (unpaired) electrons. The van der Waals surface area contributed by atoms with Crippen LogP contribution in [0.2, 0.25) is 0 Å². The Morgan fingerprint density at radius 2 is 1.70 bits per heavy atom. The van der Waals surface area contributed by atoms with Crippen LogP contribution in [0.1, 0.15) is 52.4 Å². The average molecular weight is 283 g/mol. The third kappa shape index (κ3) is 6.23. The lowest BCUT2D eigenvalue weighted by Gasteiger charge is -2.31. The van der Waals surface area contributed by atoms with E-state index in [9.17, 15) is 4.79 Å². The summed E-state index contributed by atoms with van der Waals surface area (Å²) in [5.41, 5.74) is 0. The first-order valence-corrected chi connectivity index (χ1v) is 8.37. The SMILES string of the molecule is CCCN(CCC)C(=O)CCCN(C)C1CCNCC1. The van der Waals surface area contributed by atoms with E-state index in [0.29, 0.717) is 18.4 Å². The van der Waals surface area contributed by atoms with Gasteiger partial charge in [-0.2, -0.15) is 0 Å². The third-order valence-corrected chi connectivity index (χ3v) is 4.17. The molecule has 20 heavy (non-hydrogen) atoms. The van der Waals surface area contributed by atoms with E-state index in [0.717, 1.165) is 52.0 Å². The molecule has 1 rings (SSSR count). The number of piperidine rings is 1. The fourth-order valence-corrected chi connectivity index (χ4v) is 2.97. The third-order valence-electron chi connectivity index (χ3n) is 4.17. The molecule has 0 aromatic carbocycles. The first kappa shape index (κ1) is 17.4. The maximum atomic E-state index is 12.2. The van der Waals surface area contributed by atoms with Crippen molar-refractivity contribution in [1.29, 1.82) is 0 Å². The van der Waals surface area contributed by atoms with Crippen molar-refractivity contribution in [2.75, 3.05) is 39.8 Å². The molecule has 0 aromatic heterocycles. The molecule has 0 aromatic rings. The van der Waals surface area contributed by atoms with E-state index >= 15 is 0 Å². The lowest BCUT2D eigenvalue weighted by atomic mass is 10.1. The van der Waals surface area contributed by atoms with Crippen LogP contribution in [0.3, 0.4) is 0 Å². The molecule has 4 nitrogen and oxygen atoms in total. The second-order valence-corrected chi connectivity index (χ2v) is 5.95. The number of carbonyl (C=O) groups is 1. The van der Waals surface area contributed by atoms with E-state index in [1.807, 2.05) is 4.90 Å². The van der Waals surface area contributed by atoms with E-state index < -0.39 is 0 Å². The van der Waals surface area contributed by atoms with Gasteiger partial charge < -0.3 is 15.1 Å². The first-order chi connectivity index (χ1) is 9.69. The second-order valence-electron chi connectivity index (χ2n) is 5.95. The van der Waals surface area contributed by atoms with Gasteiger partial charge in [0.05, 0.1) is 0 Å². The van der Waals surface area contributed by atoms with Crippen LogP contribution in [0, 0.1) is 0 Å². The first-order valence-electron chi connectivity index (χ1n) is 8.37. The Morgan fingerprint density at radius 3 is 2.25 bits per heavy atom. The van der Waals surface area contributed by atoms with Crippen LogP contribution in [0.5, 0.6) is 0 Å². The highest BCUT2D eigenvalue weighted by Gasteiger charge is 2.18. The Labute approximate surface area is 124 Å². The maximum absolute atomic E-state index is 12.2. The van der Waals surface area contributed by atoms with Crippen molar-refractivity contribution in [2.24, 2.45) is 0 Å². The molecule has 1 amide bonds. The minimum atomic E-state index is 0.340. The van der Waals surface area contributed by atoms with Crippen LogP contribution >= 0.6 is 0 Å². The zero-order chi connectivity index (χ0) is 14.8. The van der Waals surface area contributed by atoms with E-state index in [2.05, 4.69) is 31.1 Å². The zero-order valence-corrected chi connectivity index (χ0v) is 13.7. The number of amides is 1. The molecule has 0 saturated carbocycles. The van der Waals surface area contributed by atoms with Crippen molar-refractivity contribution in [2.45, 2.75) is 58.4 Å². The highest BCUT2D eigenvalue weighted by Crippen LogP contribution is 2.11. The van der Waals surface area contributed by atoms with Crippen LogP contribution in [-0.2, 0) is 4.79 Å². The summed E-state index contributed by atoms with van der Waals surface area (Å²) < 4.78 is 0. The van der Waals surface area contributed by atoms with E-state index in [4.69, 9.17) is 0 Å². The molecule has 1 saturated heterocycles. The van der Waals surface area contributed by atoms with Crippen molar-refractivity contribution in [3.8, 4) is 0 Å². The Kier molecular flexibility index (Phi) is 8.86. The van der Waals surface area contributed by atoms with Gasteiger partial charge in [-0.05, 0) is 58.8 Å². The molecule has 0 aliphatic carbocycles. The van der Waals surface area contributed by atoms with Gasteiger partial charge in [-0.25, -0.2) is 0 Å². The smallest absolute Gasteiger partial charge is 0.222 e. The molecule has 1 heterocycles. The van der Waals surface area contributed by atoms with Gasteiger partial charge in [-0.3, -0.25) is 4.79 Å². The summed E-state index contributed by atoms with van der Waals surface area (Å²) >= 11 is 0. The van der Waals surface area contributed by atoms with Gasteiger partial charge in [0.2, 0.25) is 5.91 Å². The van der Waals surface area contributed by atoms with Crippen molar-refractivity contribution in [3.05, 3.63) is 0 Å². The zero-order valence-electron chi connectivity index (χ0n) is 13.7. The summed E-state index contributed by atoms with van der Waals surface area (Å²) in [6.07, 6.45) is 6.28. The van der Waals surface area contributed by atoms with Crippen molar-refractivity contribution in [1.82, 2.24) is 15.1 Å². The molecular weight excluding hydrogens is 250 g/mol. The average Bonchev–Trinajstić information content (AvgIpc) is 2.47. The van der Waals surface area contributed by atoms with E-state index in [1.165, 1.54) is 12.8 Å².